The van der Waals surface area contributed by atoms with E-state index in [0.717, 1.165) is 22.8 Å². The molecule has 0 bridgehead atoms. The molecule has 7 nitrogen and oxygen atoms in total. The summed E-state index contributed by atoms with van der Waals surface area (Å²) in [6, 6.07) is 6.28. The van der Waals surface area contributed by atoms with Gasteiger partial charge >= 0.3 is 5.97 Å². The fraction of sp³-hybridized carbons (Fsp3) is 0.565. The van der Waals surface area contributed by atoms with Crippen molar-refractivity contribution in [1.29, 1.82) is 0 Å². The van der Waals surface area contributed by atoms with Crippen LogP contribution in [0, 0.1) is 5.82 Å². The lowest BCUT2D eigenvalue weighted by Crippen LogP contribution is -2.45. The Bertz CT molecular complexity index is 908. The van der Waals surface area contributed by atoms with Gasteiger partial charge in [0.05, 0.1) is 24.3 Å². The molecule has 1 fully saturated rings. The van der Waals surface area contributed by atoms with Crippen molar-refractivity contribution in [3.05, 3.63) is 41.5 Å². The van der Waals surface area contributed by atoms with Crippen LogP contribution in [-0.4, -0.2) is 38.6 Å². The number of halogens is 1. The van der Waals surface area contributed by atoms with Crippen LogP contribution in [0.2, 0.25) is 0 Å². The van der Waals surface area contributed by atoms with Gasteiger partial charge in [0.15, 0.2) is 5.79 Å². The summed E-state index contributed by atoms with van der Waals surface area (Å²) in [6.45, 7) is 8.74. The van der Waals surface area contributed by atoms with Gasteiger partial charge in [-0.2, -0.15) is 0 Å². The Morgan fingerprint density at radius 2 is 1.94 bits per heavy atom. The maximum Gasteiger partial charge on any atom is 0.305 e. The first-order valence-corrected chi connectivity index (χ1v) is 10.7. The molecule has 2 atom stereocenters. The quantitative estimate of drug-likeness (QED) is 0.652. The molecule has 0 aliphatic carbocycles. The summed E-state index contributed by atoms with van der Waals surface area (Å²) in [5.41, 5.74) is 8.68. The maximum absolute atomic E-state index is 13.5. The average molecular weight is 434 g/mol. The lowest BCUT2D eigenvalue weighted by molar-refractivity contribution is -0.300. The minimum atomic E-state index is -0.885. The molecule has 3 N–H and O–H groups in total. The number of aliphatic carboxylic acids is 1. The van der Waals surface area contributed by atoms with E-state index in [2.05, 4.69) is 18.4 Å². The van der Waals surface area contributed by atoms with Crippen molar-refractivity contribution in [3.8, 4) is 11.4 Å². The van der Waals surface area contributed by atoms with Gasteiger partial charge < -0.3 is 24.9 Å². The Morgan fingerprint density at radius 3 is 2.52 bits per heavy atom. The van der Waals surface area contributed by atoms with E-state index in [-0.39, 0.29) is 24.3 Å². The van der Waals surface area contributed by atoms with Gasteiger partial charge in [0, 0.05) is 30.8 Å². The van der Waals surface area contributed by atoms with Crippen LogP contribution in [0.3, 0.4) is 0 Å². The predicted octanol–water partition coefficient (Wildman–Crippen LogP) is 4.05. The summed E-state index contributed by atoms with van der Waals surface area (Å²) in [4.78, 5) is 15.9. The number of rotatable bonds is 8. The largest absolute Gasteiger partial charge is 0.481 e. The van der Waals surface area contributed by atoms with Crippen molar-refractivity contribution in [2.75, 3.05) is 0 Å². The van der Waals surface area contributed by atoms with Crippen LogP contribution < -0.4 is 5.73 Å². The number of hydrogen-bond donors (Lipinski definition) is 2. The molecular weight excluding hydrogens is 401 g/mol. The Morgan fingerprint density at radius 1 is 1.29 bits per heavy atom. The first kappa shape index (κ1) is 23.4. The molecule has 3 rings (SSSR count). The van der Waals surface area contributed by atoms with Crippen molar-refractivity contribution < 1.29 is 23.8 Å². The van der Waals surface area contributed by atoms with Crippen molar-refractivity contribution in [3.63, 3.8) is 0 Å². The van der Waals surface area contributed by atoms with E-state index in [1.807, 2.05) is 0 Å². The predicted molar refractivity (Wildman–Crippen MR) is 115 cm³/mol. The highest BCUT2D eigenvalue weighted by atomic mass is 19.1. The average Bonchev–Trinajstić information content (AvgIpc) is 3.04. The highest BCUT2D eigenvalue weighted by molar-refractivity contribution is 5.67. The van der Waals surface area contributed by atoms with Gasteiger partial charge in [0.1, 0.15) is 11.6 Å². The van der Waals surface area contributed by atoms with Gasteiger partial charge in [-0.15, -0.1) is 0 Å². The minimum Gasteiger partial charge on any atom is -0.481 e. The number of carboxylic acids is 1. The number of hydrogen-bond acceptors (Lipinski definition) is 5. The molecule has 0 saturated carbocycles. The highest BCUT2D eigenvalue weighted by Crippen LogP contribution is 2.32. The number of benzene rings is 1. The van der Waals surface area contributed by atoms with Crippen LogP contribution in [0.15, 0.2) is 24.3 Å². The minimum absolute atomic E-state index is 0.0518. The topological polar surface area (TPSA) is 99.6 Å². The second-order valence-electron chi connectivity index (χ2n) is 8.79. The lowest BCUT2D eigenvalue weighted by Gasteiger charge is -2.40. The normalized spacial score (nSPS) is 20.9. The first-order chi connectivity index (χ1) is 14.6. The van der Waals surface area contributed by atoms with E-state index in [4.69, 9.17) is 25.3 Å². The smallest absolute Gasteiger partial charge is 0.305 e. The zero-order valence-electron chi connectivity index (χ0n) is 18.6. The molecular formula is C23H32FN3O4. The van der Waals surface area contributed by atoms with Gasteiger partial charge in [-0.1, -0.05) is 13.8 Å². The molecule has 1 aromatic heterocycles. The molecule has 1 aliphatic rings. The second-order valence-corrected chi connectivity index (χ2v) is 8.79. The molecule has 0 unspecified atom stereocenters. The number of nitrogens with two attached hydrogens (primary N) is 1. The third-order valence-electron chi connectivity index (χ3n) is 5.43. The Kier molecular flexibility index (Phi) is 7.13. The molecule has 8 heteroatoms. The molecule has 1 saturated heterocycles. The Balaban J connectivity index is 1.88. The molecule has 0 radical (unpaired) electrons. The van der Waals surface area contributed by atoms with E-state index in [0.29, 0.717) is 25.9 Å². The van der Waals surface area contributed by atoms with E-state index < -0.39 is 17.9 Å². The highest BCUT2D eigenvalue weighted by Gasteiger charge is 2.36. The van der Waals surface area contributed by atoms with Gasteiger partial charge in [-0.05, 0) is 50.5 Å². The van der Waals surface area contributed by atoms with E-state index in [1.165, 1.54) is 12.1 Å². The number of carbonyl (C=O) groups is 1. The molecule has 1 aliphatic heterocycles. The first-order valence-electron chi connectivity index (χ1n) is 10.7. The molecule has 0 spiro atoms. The van der Waals surface area contributed by atoms with Crippen molar-refractivity contribution >= 4 is 5.97 Å². The van der Waals surface area contributed by atoms with E-state index in [1.54, 1.807) is 26.0 Å². The fourth-order valence-corrected chi connectivity index (χ4v) is 4.35. The van der Waals surface area contributed by atoms with Gasteiger partial charge in [0.2, 0.25) is 0 Å². The van der Waals surface area contributed by atoms with Crippen LogP contribution in [-0.2, 0) is 27.4 Å². The molecule has 2 heterocycles. The van der Waals surface area contributed by atoms with E-state index >= 15 is 0 Å². The van der Waals surface area contributed by atoms with Crippen molar-refractivity contribution in [2.45, 2.75) is 84.0 Å². The molecule has 31 heavy (non-hydrogen) atoms. The van der Waals surface area contributed by atoms with Crippen molar-refractivity contribution in [2.24, 2.45) is 5.73 Å². The third kappa shape index (κ3) is 5.70. The molecule has 1 aromatic carbocycles. The number of aromatic nitrogens is 2. The molecule has 2 aromatic rings. The van der Waals surface area contributed by atoms with Gasteiger partial charge in [-0.3, -0.25) is 4.79 Å². The fourth-order valence-electron chi connectivity index (χ4n) is 4.35. The third-order valence-corrected chi connectivity index (χ3v) is 5.43. The summed E-state index contributed by atoms with van der Waals surface area (Å²) >= 11 is 0. The van der Waals surface area contributed by atoms with E-state index in [9.17, 15) is 9.18 Å². The van der Waals surface area contributed by atoms with Crippen LogP contribution in [0.4, 0.5) is 4.39 Å². The SMILES string of the molecule is CC(C)c1c(CN)nc(-c2ccc(F)cc2)n1CC[C@@H]1C[C@H](CC(=O)O)OC(C)(C)O1. The van der Waals surface area contributed by atoms with Crippen LogP contribution in [0.5, 0.6) is 0 Å². The Labute approximate surface area is 182 Å². The number of ether oxygens (including phenoxy) is 2. The summed E-state index contributed by atoms with van der Waals surface area (Å²) in [5.74, 6) is -1.08. The summed E-state index contributed by atoms with van der Waals surface area (Å²) < 4.78 is 27.5. The van der Waals surface area contributed by atoms with Crippen LogP contribution >= 0.6 is 0 Å². The van der Waals surface area contributed by atoms with Crippen LogP contribution in [0.25, 0.3) is 11.4 Å². The lowest BCUT2D eigenvalue weighted by atomic mass is 10.0. The van der Waals surface area contributed by atoms with Crippen LogP contribution in [0.1, 0.15) is 64.3 Å². The number of imidazole rings is 1. The summed E-state index contributed by atoms with van der Waals surface area (Å²) in [5, 5.41) is 9.17. The number of nitrogens with zero attached hydrogens (tertiary/aromatic N) is 2. The molecule has 0 amide bonds. The zero-order chi connectivity index (χ0) is 22.8. The van der Waals surface area contributed by atoms with Crippen molar-refractivity contribution in [1.82, 2.24) is 9.55 Å². The molecule has 170 valence electrons. The zero-order valence-corrected chi connectivity index (χ0v) is 18.6. The van der Waals surface area contributed by atoms with Gasteiger partial charge in [-0.25, -0.2) is 9.37 Å². The van der Waals surface area contributed by atoms with Gasteiger partial charge in [0.25, 0.3) is 0 Å². The summed E-state index contributed by atoms with van der Waals surface area (Å²) in [7, 11) is 0. The summed E-state index contributed by atoms with van der Waals surface area (Å²) in [6.07, 6.45) is 0.575. The maximum atomic E-state index is 13.5. The second kappa shape index (κ2) is 9.46. The standard InChI is InChI=1S/C23H32FN3O4/c1-14(2)21-19(13-25)26-22(15-5-7-16(24)8-6-15)27(21)10-9-17-11-18(12-20(28)29)31-23(3,4)30-17/h5-8,14,17-18H,9-13,25H2,1-4H3,(H,28,29)/t17-,18-/m1/s1. The number of carboxylic acid groups (broad SMARTS) is 1. The Hall–Kier alpha value is -2.29. The monoisotopic (exact) mass is 433 g/mol.